The number of nitrogens with one attached hydrogen (secondary N) is 1. The maximum absolute atomic E-state index is 13.4. The van der Waals surface area contributed by atoms with Gasteiger partial charge in [0.15, 0.2) is 5.11 Å². The van der Waals surface area contributed by atoms with Crippen molar-refractivity contribution in [2.45, 2.75) is 26.2 Å². The molecule has 2 aliphatic heterocycles. The normalized spacial score (nSPS) is 17.5. The summed E-state index contributed by atoms with van der Waals surface area (Å²) in [6.07, 6.45) is 4.67. The molecule has 2 aromatic carbocycles. The van der Waals surface area contributed by atoms with Crippen LogP contribution in [0, 0.1) is 0 Å². The van der Waals surface area contributed by atoms with Gasteiger partial charge in [0.05, 0.1) is 25.6 Å². The van der Waals surface area contributed by atoms with Crippen LogP contribution in [0.25, 0.3) is 6.08 Å². The molecule has 1 N–H and O–H groups in total. The quantitative estimate of drug-likeness (QED) is 0.399. The first kappa shape index (κ1) is 22.8. The van der Waals surface area contributed by atoms with E-state index >= 15 is 0 Å². The number of hydrogen-bond acceptors (Lipinski definition) is 6. The number of ether oxygens (including phenoxy) is 2. The third-order valence-corrected chi connectivity index (χ3v) is 6.27. The highest BCUT2D eigenvalue weighted by atomic mass is 32.1. The van der Waals surface area contributed by atoms with Crippen LogP contribution in [-0.4, -0.2) is 44.2 Å². The fourth-order valence-corrected chi connectivity index (χ4v) is 4.43. The molecule has 2 saturated heterocycles. The van der Waals surface area contributed by atoms with Crippen molar-refractivity contribution in [3.63, 3.8) is 0 Å². The summed E-state index contributed by atoms with van der Waals surface area (Å²) in [6, 6.07) is 11.2. The van der Waals surface area contributed by atoms with Crippen molar-refractivity contribution in [2.75, 3.05) is 37.1 Å². The highest BCUT2D eigenvalue weighted by Gasteiger charge is 2.35. The molecular formula is C25H27N3O4S. The summed E-state index contributed by atoms with van der Waals surface area (Å²) in [7, 11) is 3.17. The van der Waals surface area contributed by atoms with Gasteiger partial charge in [-0.3, -0.25) is 19.8 Å². The lowest BCUT2D eigenvalue weighted by molar-refractivity contribution is -0.122. The Labute approximate surface area is 199 Å². The molecular weight excluding hydrogens is 438 g/mol. The van der Waals surface area contributed by atoms with Gasteiger partial charge < -0.3 is 14.4 Å². The number of benzene rings is 2. The molecule has 172 valence electrons. The van der Waals surface area contributed by atoms with Gasteiger partial charge in [0, 0.05) is 24.7 Å². The Morgan fingerprint density at radius 2 is 1.70 bits per heavy atom. The second-order valence-electron chi connectivity index (χ2n) is 7.94. The highest BCUT2D eigenvalue weighted by molar-refractivity contribution is 7.80. The summed E-state index contributed by atoms with van der Waals surface area (Å²) in [4.78, 5) is 29.7. The van der Waals surface area contributed by atoms with Gasteiger partial charge in [-0.15, -0.1) is 0 Å². The second kappa shape index (κ2) is 9.62. The summed E-state index contributed by atoms with van der Waals surface area (Å²) >= 11 is 5.30. The van der Waals surface area contributed by atoms with Gasteiger partial charge in [-0.05, 0) is 61.3 Å². The molecule has 2 heterocycles. The smallest absolute Gasteiger partial charge is 0.270 e. The van der Waals surface area contributed by atoms with Crippen molar-refractivity contribution in [1.29, 1.82) is 0 Å². The minimum Gasteiger partial charge on any atom is -0.496 e. The molecule has 4 rings (SSSR count). The first-order valence-electron chi connectivity index (χ1n) is 11.0. The van der Waals surface area contributed by atoms with Gasteiger partial charge in [0.25, 0.3) is 11.8 Å². The lowest BCUT2D eigenvalue weighted by atomic mass is 10.0. The molecule has 33 heavy (non-hydrogen) atoms. The predicted molar refractivity (Wildman–Crippen MR) is 133 cm³/mol. The van der Waals surface area contributed by atoms with Gasteiger partial charge in [-0.25, -0.2) is 0 Å². The van der Waals surface area contributed by atoms with Crippen LogP contribution < -0.4 is 24.6 Å². The van der Waals surface area contributed by atoms with Crippen molar-refractivity contribution >= 4 is 46.6 Å². The van der Waals surface area contributed by atoms with Crippen LogP contribution in [0.4, 0.5) is 11.4 Å². The Hall–Kier alpha value is -3.39. The molecule has 2 fully saturated rings. The number of amides is 2. The van der Waals surface area contributed by atoms with Gasteiger partial charge in [-0.1, -0.05) is 19.1 Å². The summed E-state index contributed by atoms with van der Waals surface area (Å²) in [6.45, 7) is 3.96. The minimum atomic E-state index is -0.545. The van der Waals surface area contributed by atoms with Crippen LogP contribution in [0.2, 0.25) is 0 Å². The first-order valence-corrected chi connectivity index (χ1v) is 11.4. The standard InChI is InChI=1S/C25H27N3O4S/c1-4-16-7-9-18(10-8-16)28-24(30)19(23(29)26-25(28)33)13-17-14-22(32-3)20(15-21(17)31-2)27-11-5-6-12-27/h7-10,13-15H,4-6,11-12H2,1-3H3,(H,26,29,33)/b19-13+. The molecule has 0 atom stereocenters. The molecule has 7 nitrogen and oxygen atoms in total. The van der Waals surface area contributed by atoms with Crippen LogP contribution in [0.1, 0.15) is 30.9 Å². The highest BCUT2D eigenvalue weighted by Crippen LogP contribution is 2.38. The van der Waals surface area contributed by atoms with E-state index in [1.807, 2.05) is 30.3 Å². The Morgan fingerprint density at radius 1 is 1.03 bits per heavy atom. The van der Waals surface area contributed by atoms with Crippen molar-refractivity contribution < 1.29 is 19.1 Å². The molecule has 2 aliphatic rings. The van der Waals surface area contributed by atoms with E-state index in [9.17, 15) is 9.59 Å². The summed E-state index contributed by atoms with van der Waals surface area (Å²) in [5.41, 5.74) is 3.22. The Bertz CT molecular complexity index is 1120. The number of methoxy groups -OCH3 is 2. The Morgan fingerprint density at radius 3 is 2.30 bits per heavy atom. The third kappa shape index (κ3) is 4.43. The van der Waals surface area contributed by atoms with E-state index in [0.717, 1.165) is 43.6 Å². The number of thiocarbonyl (C=S) groups is 1. The van der Waals surface area contributed by atoms with E-state index in [1.54, 1.807) is 20.3 Å². The SMILES string of the molecule is CCc1ccc(N2C(=O)/C(=C/c3cc(OC)c(N4CCCC4)cc3OC)C(=O)NC2=S)cc1. The minimum absolute atomic E-state index is 0.0301. The fraction of sp³-hybridized carbons (Fsp3) is 0.320. The summed E-state index contributed by atoms with van der Waals surface area (Å²) in [5.74, 6) is 0.183. The first-order chi connectivity index (χ1) is 16.0. The monoisotopic (exact) mass is 465 g/mol. The van der Waals surface area contributed by atoms with Crippen molar-refractivity contribution in [3.8, 4) is 11.5 Å². The van der Waals surface area contributed by atoms with E-state index < -0.39 is 11.8 Å². The average Bonchev–Trinajstić information content (AvgIpc) is 3.36. The molecule has 0 unspecified atom stereocenters. The maximum atomic E-state index is 13.4. The van der Waals surface area contributed by atoms with E-state index in [1.165, 1.54) is 11.0 Å². The van der Waals surface area contributed by atoms with Crippen LogP contribution >= 0.6 is 12.2 Å². The molecule has 2 amide bonds. The fourth-order valence-electron chi connectivity index (χ4n) is 4.15. The van der Waals surface area contributed by atoms with Crippen LogP contribution in [-0.2, 0) is 16.0 Å². The average molecular weight is 466 g/mol. The lowest BCUT2D eigenvalue weighted by Gasteiger charge is -2.29. The molecule has 0 radical (unpaired) electrons. The van der Waals surface area contributed by atoms with Gasteiger partial charge in [-0.2, -0.15) is 0 Å². The number of carbonyl (C=O) groups is 2. The number of rotatable bonds is 6. The number of hydrogen-bond donors (Lipinski definition) is 1. The molecule has 0 spiro atoms. The van der Waals surface area contributed by atoms with E-state index in [0.29, 0.717) is 22.7 Å². The zero-order valence-electron chi connectivity index (χ0n) is 19.0. The molecule has 0 aromatic heterocycles. The van der Waals surface area contributed by atoms with Gasteiger partial charge >= 0.3 is 0 Å². The Kier molecular flexibility index (Phi) is 6.65. The lowest BCUT2D eigenvalue weighted by Crippen LogP contribution is -2.54. The van der Waals surface area contributed by atoms with Crippen molar-refractivity contribution in [3.05, 3.63) is 53.1 Å². The van der Waals surface area contributed by atoms with E-state index in [4.69, 9.17) is 21.7 Å². The number of aryl methyl sites for hydroxylation is 1. The third-order valence-electron chi connectivity index (χ3n) is 5.98. The largest absolute Gasteiger partial charge is 0.496 e. The number of nitrogens with zero attached hydrogens (tertiary/aromatic N) is 2. The van der Waals surface area contributed by atoms with Gasteiger partial charge in [0.2, 0.25) is 0 Å². The molecule has 8 heteroatoms. The summed E-state index contributed by atoms with van der Waals surface area (Å²) < 4.78 is 11.2. The van der Waals surface area contributed by atoms with E-state index in [-0.39, 0.29) is 10.7 Å². The van der Waals surface area contributed by atoms with Crippen LogP contribution in [0.5, 0.6) is 11.5 Å². The van der Waals surface area contributed by atoms with E-state index in [2.05, 4.69) is 17.1 Å². The Balaban J connectivity index is 1.74. The molecule has 2 aromatic rings. The van der Waals surface area contributed by atoms with Crippen LogP contribution in [0.3, 0.4) is 0 Å². The van der Waals surface area contributed by atoms with Crippen molar-refractivity contribution in [2.24, 2.45) is 0 Å². The maximum Gasteiger partial charge on any atom is 0.270 e. The second-order valence-corrected chi connectivity index (χ2v) is 8.32. The molecule has 0 aliphatic carbocycles. The molecule has 0 bridgehead atoms. The topological polar surface area (TPSA) is 71.1 Å². The molecule has 0 saturated carbocycles. The predicted octanol–water partition coefficient (Wildman–Crippen LogP) is 3.70. The van der Waals surface area contributed by atoms with Gasteiger partial charge in [0.1, 0.15) is 17.1 Å². The van der Waals surface area contributed by atoms with Crippen LogP contribution in [0.15, 0.2) is 42.0 Å². The number of carbonyl (C=O) groups excluding carboxylic acids is 2. The summed E-state index contributed by atoms with van der Waals surface area (Å²) in [5, 5.41) is 2.68. The number of anilines is 2. The zero-order chi connectivity index (χ0) is 23.5. The zero-order valence-corrected chi connectivity index (χ0v) is 19.8. The van der Waals surface area contributed by atoms with Crippen molar-refractivity contribution in [1.82, 2.24) is 5.32 Å².